The van der Waals surface area contributed by atoms with Gasteiger partial charge in [-0.1, -0.05) is 12.1 Å². The minimum atomic E-state index is -0.458. The zero-order valence-corrected chi connectivity index (χ0v) is 21.2. The molecule has 1 aromatic carbocycles. The first-order valence-corrected chi connectivity index (χ1v) is 13.0. The van der Waals surface area contributed by atoms with Crippen LogP contribution in [0.2, 0.25) is 0 Å². The van der Waals surface area contributed by atoms with Gasteiger partial charge in [-0.15, -0.1) is 0 Å². The van der Waals surface area contributed by atoms with Crippen LogP contribution in [0.5, 0.6) is 0 Å². The van der Waals surface area contributed by atoms with Gasteiger partial charge in [0.05, 0.1) is 35.3 Å². The maximum Gasteiger partial charge on any atom is 0.404 e. The standard InChI is InChI=1S/C25H26BrFN6O3/c26-21-14-32(30-23(21)33(35)36)25-8-17-5-18(9-25)7-24(6-17,15-25)10-22(34)29-20-11-28-31(13-20)12-16-1-3-19(27)4-2-16/h1-4,11,13-14,17-18H,5-10,12,15H2,(H,29,34). The van der Waals surface area contributed by atoms with E-state index >= 15 is 0 Å². The number of nitrogens with zero attached hydrogens (tertiary/aromatic N) is 5. The molecular weight excluding hydrogens is 531 g/mol. The average molecular weight is 557 g/mol. The molecule has 1 amide bonds. The van der Waals surface area contributed by atoms with Crippen LogP contribution in [0.3, 0.4) is 0 Å². The van der Waals surface area contributed by atoms with Crippen LogP contribution in [0.25, 0.3) is 0 Å². The summed E-state index contributed by atoms with van der Waals surface area (Å²) in [6.07, 6.45) is 11.4. The zero-order valence-electron chi connectivity index (χ0n) is 19.6. The van der Waals surface area contributed by atoms with E-state index in [-0.39, 0.29) is 28.5 Å². The van der Waals surface area contributed by atoms with E-state index in [4.69, 9.17) is 0 Å². The van der Waals surface area contributed by atoms with Gasteiger partial charge in [0.2, 0.25) is 5.91 Å². The molecule has 4 fully saturated rings. The highest BCUT2D eigenvalue weighted by Gasteiger charge is 2.60. The quantitative estimate of drug-likeness (QED) is 0.315. The summed E-state index contributed by atoms with van der Waals surface area (Å²) in [5.74, 6) is 0.521. The fourth-order valence-electron chi connectivity index (χ4n) is 7.42. The van der Waals surface area contributed by atoms with Crippen molar-refractivity contribution < 1.29 is 14.1 Å². The van der Waals surface area contributed by atoms with Gasteiger partial charge in [0.25, 0.3) is 0 Å². The third kappa shape index (κ3) is 4.23. The summed E-state index contributed by atoms with van der Waals surface area (Å²) in [4.78, 5) is 24.1. The van der Waals surface area contributed by atoms with Crippen molar-refractivity contribution in [2.24, 2.45) is 17.3 Å². The summed E-state index contributed by atoms with van der Waals surface area (Å²) >= 11 is 3.30. The zero-order chi connectivity index (χ0) is 25.1. The molecule has 4 saturated carbocycles. The van der Waals surface area contributed by atoms with Crippen LogP contribution < -0.4 is 5.32 Å². The van der Waals surface area contributed by atoms with E-state index < -0.39 is 4.92 Å². The molecule has 3 aromatic rings. The molecule has 0 aliphatic heterocycles. The van der Waals surface area contributed by atoms with Gasteiger partial charge < -0.3 is 15.4 Å². The van der Waals surface area contributed by atoms with Gasteiger partial charge in [0.15, 0.2) is 0 Å². The van der Waals surface area contributed by atoms with Crippen LogP contribution in [-0.4, -0.2) is 30.4 Å². The second-order valence-corrected chi connectivity index (χ2v) is 11.8. The van der Waals surface area contributed by atoms with E-state index in [9.17, 15) is 19.3 Å². The minimum absolute atomic E-state index is 0.0407. The molecule has 4 aliphatic rings. The van der Waals surface area contributed by atoms with E-state index in [1.165, 1.54) is 12.1 Å². The molecular formula is C25H26BrFN6O3. The number of amides is 1. The number of benzene rings is 1. The molecule has 2 atom stereocenters. The maximum absolute atomic E-state index is 13.2. The van der Waals surface area contributed by atoms with Crippen molar-refractivity contribution in [3.63, 3.8) is 0 Å². The second kappa shape index (κ2) is 8.50. The molecule has 9 nitrogen and oxygen atoms in total. The van der Waals surface area contributed by atoms with E-state index in [1.807, 2.05) is 4.68 Å². The molecule has 2 heterocycles. The molecule has 0 spiro atoms. The largest absolute Gasteiger partial charge is 0.404 e. The summed E-state index contributed by atoms with van der Waals surface area (Å²) in [5, 5.41) is 23.1. The van der Waals surface area contributed by atoms with E-state index in [0.29, 0.717) is 35.0 Å². The van der Waals surface area contributed by atoms with Gasteiger partial charge in [-0.2, -0.15) is 9.78 Å². The molecule has 2 unspecified atom stereocenters. The smallest absolute Gasteiger partial charge is 0.358 e. The second-order valence-electron chi connectivity index (χ2n) is 11.0. The Bertz CT molecular complexity index is 1320. The molecule has 0 radical (unpaired) electrons. The molecule has 4 bridgehead atoms. The number of hydrogen-bond acceptors (Lipinski definition) is 5. The summed E-state index contributed by atoms with van der Waals surface area (Å²) in [7, 11) is 0. The predicted molar refractivity (Wildman–Crippen MR) is 133 cm³/mol. The molecule has 0 saturated heterocycles. The van der Waals surface area contributed by atoms with Gasteiger partial charge in [-0.25, -0.2) is 4.39 Å². The Kier molecular flexibility index (Phi) is 5.51. The number of nitro groups is 1. The van der Waals surface area contributed by atoms with Crippen LogP contribution in [0, 0.1) is 33.2 Å². The van der Waals surface area contributed by atoms with Crippen molar-refractivity contribution in [1.29, 1.82) is 0 Å². The highest BCUT2D eigenvalue weighted by molar-refractivity contribution is 9.10. The van der Waals surface area contributed by atoms with Gasteiger partial charge >= 0.3 is 5.82 Å². The Balaban J connectivity index is 1.16. The normalized spacial score (nSPS) is 28.4. The molecule has 11 heteroatoms. The van der Waals surface area contributed by atoms with E-state index in [1.54, 1.807) is 35.4 Å². The van der Waals surface area contributed by atoms with Crippen LogP contribution in [0.15, 0.2) is 47.3 Å². The van der Waals surface area contributed by atoms with Gasteiger partial charge in [-0.05, 0) is 94.3 Å². The summed E-state index contributed by atoms with van der Waals surface area (Å²) < 4.78 is 17.1. The molecule has 1 N–H and O–H groups in total. The SMILES string of the molecule is O=C(CC12CC3CC(C1)CC(n1cc(Br)c([N+](=O)[O-])n1)(C3)C2)Nc1cnn(Cc2ccc(F)cc2)c1. The molecule has 4 aliphatic carbocycles. The van der Waals surface area contributed by atoms with E-state index in [2.05, 4.69) is 31.4 Å². The minimum Gasteiger partial charge on any atom is -0.358 e. The highest BCUT2D eigenvalue weighted by Crippen LogP contribution is 2.65. The lowest BCUT2D eigenvalue weighted by molar-refractivity contribution is -0.390. The topological polar surface area (TPSA) is 108 Å². The molecule has 2 aromatic heterocycles. The Hall–Kier alpha value is -3.08. The average Bonchev–Trinajstić information content (AvgIpc) is 3.40. The van der Waals surface area contributed by atoms with Crippen molar-refractivity contribution in [3.8, 4) is 0 Å². The fraction of sp³-hybridized carbons (Fsp3) is 0.480. The van der Waals surface area contributed by atoms with Crippen LogP contribution in [0.1, 0.15) is 50.5 Å². The number of carbonyl (C=O) groups excluding carboxylic acids is 1. The first-order valence-electron chi connectivity index (χ1n) is 12.2. The summed E-state index contributed by atoms with van der Waals surface area (Å²) in [5.41, 5.74) is 1.14. The molecule has 188 valence electrons. The predicted octanol–water partition coefficient (Wildman–Crippen LogP) is 5.26. The van der Waals surface area contributed by atoms with Crippen molar-refractivity contribution in [1.82, 2.24) is 19.6 Å². The van der Waals surface area contributed by atoms with Crippen molar-refractivity contribution >= 4 is 33.3 Å². The Labute approximate surface area is 215 Å². The lowest BCUT2D eigenvalue weighted by Crippen LogP contribution is -2.57. The summed E-state index contributed by atoms with van der Waals surface area (Å²) in [6.45, 7) is 0.484. The number of rotatable bonds is 7. The number of nitrogens with one attached hydrogen (secondary N) is 1. The number of anilines is 1. The monoisotopic (exact) mass is 556 g/mol. The Morgan fingerprint density at radius 2 is 1.92 bits per heavy atom. The number of carbonyl (C=O) groups is 1. The number of aromatic nitrogens is 4. The van der Waals surface area contributed by atoms with E-state index in [0.717, 1.165) is 44.1 Å². The highest BCUT2D eigenvalue weighted by atomic mass is 79.9. The van der Waals surface area contributed by atoms with Crippen molar-refractivity contribution in [2.75, 3.05) is 5.32 Å². The third-order valence-corrected chi connectivity index (χ3v) is 8.73. The third-order valence-electron chi connectivity index (χ3n) is 8.17. The van der Waals surface area contributed by atoms with Crippen molar-refractivity contribution in [3.05, 3.63) is 68.8 Å². The maximum atomic E-state index is 13.2. The number of halogens is 2. The van der Waals surface area contributed by atoms with Crippen LogP contribution in [-0.2, 0) is 16.9 Å². The molecule has 7 rings (SSSR count). The summed E-state index contributed by atoms with van der Waals surface area (Å²) in [6, 6.07) is 6.26. The first-order chi connectivity index (χ1) is 17.2. The van der Waals surface area contributed by atoms with Gasteiger partial charge in [-0.3, -0.25) is 9.48 Å². The van der Waals surface area contributed by atoms with Gasteiger partial charge in [0.1, 0.15) is 10.3 Å². The van der Waals surface area contributed by atoms with Gasteiger partial charge in [0, 0.05) is 12.6 Å². The lowest BCUT2D eigenvalue weighted by atomic mass is 9.46. The van der Waals surface area contributed by atoms with Crippen molar-refractivity contribution in [2.45, 2.75) is 57.0 Å². The number of hydrogen-bond donors (Lipinski definition) is 1. The molecule has 36 heavy (non-hydrogen) atoms. The fourth-order valence-corrected chi connectivity index (χ4v) is 7.84. The Morgan fingerprint density at radius 3 is 2.58 bits per heavy atom. The first kappa shape index (κ1) is 23.3. The van der Waals surface area contributed by atoms with Crippen LogP contribution >= 0.6 is 15.9 Å². The van der Waals surface area contributed by atoms with Crippen LogP contribution in [0.4, 0.5) is 15.9 Å². The Morgan fingerprint density at radius 1 is 1.19 bits per heavy atom. The lowest BCUT2D eigenvalue weighted by Gasteiger charge is -2.61.